The molecular formula is C14H17ClN2O4. The molecule has 6 nitrogen and oxygen atoms in total. The lowest BCUT2D eigenvalue weighted by Crippen LogP contribution is -2.40. The Balaban J connectivity index is 2.23. The fourth-order valence-corrected chi connectivity index (χ4v) is 2.39. The number of aromatic carboxylic acids is 1. The summed E-state index contributed by atoms with van der Waals surface area (Å²) in [5.74, 6) is -1.14. The molecule has 1 aromatic heterocycles. The number of halogens is 1. The number of carboxylic acid groups (broad SMARTS) is 1. The Morgan fingerprint density at radius 2 is 2.10 bits per heavy atom. The van der Waals surface area contributed by atoms with Gasteiger partial charge in [-0.15, -0.1) is 0 Å². The number of carboxylic acids is 1. The normalized spacial score (nSPS) is 14.6. The lowest BCUT2D eigenvalue weighted by molar-refractivity contribution is 0.0221. The van der Waals surface area contributed by atoms with Crippen molar-refractivity contribution in [2.45, 2.75) is 39.3 Å². The number of carbonyl (C=O) groups is 2. The third-order valence-electron chi connectivity index (χ3n) is 3.00. The zero-order valence-corrected chi connectivity index (χ0v) is 12.9. The van der Waals surface area contributed by atoms with Gasteiger partial charge in [0, 0.05) is 11.6 Å². The molecule has 2 rings (SSSR count). The van der Waals surface area contributed by atoms with Crippen LogP contribution in [0.5, 0.6) is 0 Å². The van der Waals surface area contributed by atoms with E-state index in [2.05, 4.69) is 4.98 Å². The van der Waals surface area contributed by atoms with Gasteiger partial charge in [0.15, 0.2) is 0 Å². The van der Waals surface area contributed by atoms with Crippen LogP contribution in [0.15, 0.2) is 6.07 Å². The van der Waals surface area contributed by atoms with E-state index < -0.39 is 17.7 Å². The van der Waals surface area contributed by atoms with Crippen molar-refractivity contribution in [3.63, 3.8) is 0 Å². The van der Waals surface area contributed by atoms with Crippen molar-refractivity contribution in [3.8, 4) is 0 Å². The number of ether oxygens (including phenoxy) is 1. The molecule has 0 bridgehead atoms. The Morgan fingerprint density at radius 3 is 2.67 bits per heavy atom. The van der Waals surface area contributed by atoms with Crippen LogP contribution in [0.2, 0.25) is 5.02 Å². The molecule has 0 spiro atoms. The van der Waals surface area contributed by atoms with Gasteiger partial charge in [0.2, 0.25) is 0 Å². The van der Waals surface area contributed by atoms with Crippen LogP contribution in [0, 0.1) is 0 Å². The van der Waals surface area contributed by atoms with E-state index in [9.17, 15) is 9.59 Å². The molecule has 1 N–H and O–H groups in total. The number of amides is 1. The number of aromatic nitrogens is 1. The van der Waals surface area contributed by atoms with Gasteiger partial charge in [0.25, 0.3) is 0 Å². The third-order valence-corrected chi connectivity index (χ3v) is 3.34. The number of rotatable bonds is 1. The minimum atomic E-state index is -1.14. The Kier molecular flexibility index (Phi) is 4.09. The molecule has 0 fully saturated rings. The molecule has 1 aromatic rings. The zero-order chi connectivity index (χ0) is 15.8. The molecule has 2 heterocycles. The van der Waals surface area contributed by atoms with Crippen LogP contribution in [-0.2, 0) is 17.7 Å². The Hall–Kier alpha value is -1.82. The fraction of sp³-hybridized carbons (Fsp3) is 0.500. The van der Waals surface area contributed by atoms with E-state index in [1.54, 1.807) is 20.8 Å². The predicted molar refractivity (Wildman–Crippen MR) is 76.6 cm³/mol. The van der Waals surface area contributed by atoms with Crippen molar-refractivity contribution in [1.29, 1.82) is 0 Å². The number of nitrogens with zero attached hydrogens (tertiary/aromatic N) is 2. The van der Waals surface area contributed by atoms with E-state index >= 15 is 0 Å². The molecule has 7 heteroatoms. The molecule has 0 atom stereocenters. The quantitative estimate of drug-likeness (QED) is 0.862. The van der Waals surface area contributed by atoms with E-state index in [4.69, 9.17) is 21.4 Å². The number of hydrogen-bond donors (Lipinski definition) is 1. The first-order valence-electron chi connectivity index (χ1n) is 6.57. The average molecular weight is 313 g/mol. The summed E-state index contributed by atoms with van der Waals surface area (Å²) < 4.78 is 5.31. The van der Waals surface area contributed by atoms with E-state index in [1.165, 1.54) is 11.0 Å². The van der Waals surface area contributed by atoms with Crippen LogP contribution < -0.4 is 0 Å². The molecule has 0 aliphatic carbocycles. The van der Waals surface area contributed by atoms with Crippen molar-refractivity contribution >= 4 is 23.7 Å². The lowest BCUT2D eigenvalue weighted by Gasteiger charge is -2.31. The van der Waals surface area contributed by atoms with Gasteiger partial charge < -0.3 is 14.7 Å². The first-order chi connectivity index (χ1) is 9.67. The van der Waals surface area contributed by atoms with Crippen molar-refractivity contribution in [3.05, 3.63) is 28.0 Å². The second-order valence-corrected chi connectivity index (χ2v) is 6.28. The first kappa shape index (κ1) is 15.6. The molecule has 0 saturated carbocycles. The molecule has 0 radical (unpaired) electrons. The maximum atomic E-state index is 12.1. The van der Waals surface area contributed by atoms with Crippen molar-refractivity contribution in [2.75, 3.05) is 6.54 Å². The van der Waals surface area contributed by atoms with E-state index in [-0.39, 0.29) is 12.2 Å². The summed E-state index contributed by atoms with van der Waals surface area (Å²) in [5, 5.41) is 9.39. The van der Waals surface area contributed by atoms with Crippen LogP contribution in [0.25, 0.3) is 0 Å². The molecule has 21 heavy (non-hydrogen) atoms. The monoisotopic (exact) mass is 312 g/mol. The number of hydrogen-bond acceptors (Lipinski definition) is 4. The third kappa shape index (κ3) is 3.64. The maximum Gasteiger partial charge on any atom is 0.410 e. The first-order valence-corrected chi connectivity index (χ1v) is 6.94. The van der Waals surface area contributed by atoms with Gasteiger partial charge in [-0.3, -0.25) is 0 Å². The van der Waals surface area contributed by atoms with Crippen LogP contribution in [0.1, 0.15) is 42.5 Å². The Bertz CT molecular complexity index is 595. The highest BCUT2D eigenvalue weighted by atomic mass is 35.5. The van der Waals surface area contributed by atoms with E-state index in [0.29, 0.717) is 23.7 Å². The van der Waals surface area contributed by atoms with Gasteiger partial charge >= 0.3 is 12.1 Å². The largest absolute Gasteiger partial charge is 0.477 e. The van der Waals surface area contributed by atoms with Gasteiger partial charge in [-0.05, 0) is 38.8 Å². The smallest absolute Gasteiger partial charge is 0.410 e. The standard InChI is InChI=1S/C14H17ClN2O4/c1-14(2,3)21-13(20)17-5-4-8-9(15)6-10(12(18)19)16-11(8)7-17/h6H,4-5,7H2,1-3H3,(H,18,19). The second-order valence-electron chi connectivity index (χ2n) is 5.87. The maximum absolute atomic E-state index is 12.1. The summed E-state index contributed by atoms with van der Waals surface area (Å²) in [4.78, 5) is 28.6. The topological polar surface area (TPSA) is 79.7 Å². The minimum Gasteiger partial charge on any atom is -0.477 e. The summed E-state index contributed by atoms with van der Waals surface area (Å²) in [6, 6.07) is 1.34. The van der Waals surface area contributed by atoms with Crippen molar-refractivity contribution in [2.24, 2.45) is 0 Å². The second kappa shape index (κ2) is 5.52. The van der Waals surface area contributed by atoms with Crippen LogP contribution in [0.3, 0.4) is 0 Å². The van der Waals surface area contributed by atoms with Crippen molar-refractivity contribution in [1.82, 2.24) is 9.88 Å². The fourth-order valence-electron chi connectivity index (χ4n) is 2.08. The summed E-state index contributed by atoms with van der Waals surface area (Å²) in [7, 11) is 0. The summed E-state index contributed by atoms with van der Waals surface area (Å²) in [5.41, 5.74) is 0.606. The Morgan fingerprint density at radius 1 is 1.43 bits per heavy atom. The van der Waals surface area contributed by atoms with Gasteiger partial charge in [-0.1, -0.05) is 11.6 Å². The van der Waals surface area contributed by atoms with E-state index in [1.807, 2.05) is 0 Å². The Labute approximate surface area is 127 Å². The number of carbonyl (C=O) groups excluding carboxylic acids is 1. The summed E-state index contributed by atoms with van der Waals surface area (Å²) in [6.07, 6.45) is 0.0899. The van der Waals surface area contributed by atoms with Crippen molar-refractivity contribution < 1.29 is 19.4 Å². The zero-order valence-electron chi connectivity index (χ0n) is 12.1. The SMILES string of the molecule is CC(C)(C)OC(=O)N1CCc2c(Cl)cc(C(=O)O)nc2C1. The number of pyridine rings is 1. The van der Waals surface area contributed by atoms with Gasteiger partial charge in [-0.2, -0.15) is 0 Å². The molecule has 1 aliphatic rings. The van der Waals surface area contributed by atoms with Crippen LogP contribution in [0.4, 0.5) is 4.79 Å². The molecule has 1 aliphatic heterocycles. The summed E-state index contributed by atoms with van der Waals surface area (Å²) in [6.45, 7) is 6.04. The molecular weight excluding hydrogens is 296 g/mol. The predicted octanol–water partition coefficient (Wildman–Crippen LogP) is 2.73. The van der Waals surface area contributed by atoms with Crippen LogP contribution >= 0.6 is 11.6 Å². The highest BCUT2D eigenvalue weighted by Gasteiger charge is 2.28. The molecule has 114 valence electrons. The highest BCUT2D eigenvalue weighted by Crippen LogP contribution is 2.26. The van der Waals surface area contributed by atoms with Gasteiger partial charge in [0.1, 0.15) is 11.3 Å². The molecule has 0 aromatic carbocycles. The van der Waals surface area contributed by atoms with Gasteiger partial charge in [-0.25, -0.2) is 14.6 Å². The number of fused-ring (bicyclic) bond motifs is 1. The van der Waals surface area contributed by atoms with Crippen LogP contribution in [-0.4, -0.2) is 39.2 Å². The highest BCUT2D eigenvalue weighted by molar-refractivity contribution is 6.31. The molecule has 0 unspecified atom stereocenters. The molecule has 1 amide bonds. The minimum absolute atomic E-state index is 0.121. The lowest BCUT2D eigenvalue weighted by atomic mass is 10.0. The summed E-state index contributed by atoms with van der Waals surface area (Å²) >= 11 is 6.09. The van der Waals surface area contributed by atoms with E-state index in [0.717, 1.165) is 5.56 Å². The molecule has 0 saturated heterocycles. The average Bonchev–Trinajstić information content (AvgIpc) is 2.35. The van der Waals surface area contributed by atoms with Gasteiger partial charge in [0.05, 0.1) is 12.2 Å².